The molecule has 0 saturated heterocycles. The summed E-state index contributed by atoms with van der Waals surface area (Å²) in [5.41, 5.74) is 5.85. The van der Waals surface area contributed by atoms with E-state index in [1.54, 1.807) is 24.3 Å². The van der Waals surface area contributed by atoms with Crippen molar-refractivity contribution in [1.82, 2.24) is 10.1 Å². The molecular formula is C14H16ClN3O2. The van der Waals surface area contributed by atoms with Crippen LogP contribution in [0.2, 0.25) is 5.02 Å². The van der Waals surface area contributed by atoms with Crippen LogP contribution in [0.3, 0.4) is 0 Å². The second kappa shape index (κ2) is 5.42. The fourth-order valence-corrected chi connectivity index (χ4v) is 2.55. The fraction of sp³-hybridized carbons (Fsp3) is 0.429. The van der Waals surface area contributed by atoms with E-state index in [1.165, 1.54) is 0 Å². The van der Waals surface area contributed by atoms with Gasteiger partial charge in [-0.25, -0.2) is 0 Å². The van der Waals surface area contributed by atoms with Crippen molar-refractivity contribution in [3.8, 4) is 5.75 Å². The number of halogens is 1. The number of ether oxygens (including phenoxy) is 1. The first-order valence-corrected chi connectivity index (χ1v) is 7.04. The van der Waals surface area contributed by atoms with E-state index in [2.05, 4.69) is 10.1 Å². The van der Waals surface area contributed by atoms with Crippen molar-refractivity contribution in [2.24, 2.45) is 5.73 Å². The predicted molar refractivity (Wildman–Crippen MR) is 74.4 cm³/mol. The van der Waals surface area contributed by atoms with Crippen LogP contribution < -0.4 is 10.5 Å². The maximum absolute atomic E-state index is 6.28. The van der Waals surface area contributed by atoms with Crippen molar-refractivity contribution in [3.05, 3.63) is 41.0 Å². The Balaban J connectivity index is 1.64. The third kappa shape index (κ3) is 2.78. The topological polar surface area (TPSA) is 74.2 Å². The van der Waals surface area contributed by atoms with Gasteiger partial charge >= 0.3 is 0 Å². The molecule has 1 aromatic heterocycles. The SMILES string of the molecule is NC1(c2noc(COc3ccc(Cl)cc3)n2)CCCC1. The molecule has 0 atom stereocenters. The van der Waals surface area contributed by atoms with Gasteiger partial charge in [0.2, 0.25) is 0 Å². The van der Waals surface area contributed by atoms with Crippen LogP contribution in [0.1, 0.15) is 37.4 Å². The van der Waals surface area contributed by atoms with E-state index >= 15 is 0 Å². The smallest absolute Gasteiger partial charge is 0.264 e. The van der Waals surface area contributed by atoms with E-state index in [0.29, 0.717) is 22.5 Å². The number of nitrogens with zero attached hydrogens (tertiary/aromatic N) is 2. The maximum atomic E-state index is 6.28. The average molecular weight is 294 g/mol. The second-order valence-corrected chi connectivity index (χ2v) is 5.55. The van der Waals surface area contributed by atoms with Gasteiger partial charge in [-0.15, -0.1) is 0 Å². The molecule has 1 fully saturated rings. The van der Waals surface area contributed by atoms with Gasteiger partial charge in [-0.05, 0) is 37.1 Å². The summed E-state index contributed by atoms with van der Waals surface area (Å²) < 4.78 is 10.8. The van der Waals surface area contributed by atoms with Gasteiger partial charge in [0.05, 0.1) is 5.54 Å². The molecule has 3 rings (SSSR count). The molecule has 106 valence electrons. The summed E-state index contributed by atoms with van der Waals surface area (Å²) in [5, 5.41) is 4.65. The first-order chi connectivity index (χ1) is 9.66. The van der Waals surface area contributed by atoms with Crippen molar-refractivity contribution < 1.29 is 9.26 Å². The molecule has 20 heavy (non-hydrogen) atoms. The molecule has 1 aliphatic rings. The van der Waals surface area contributed by atoms with Gasteiger partial charge in [0.15, 0.2) is 12.4 Å². The number of benzene rings is 1. The van der Waals surface area contributed by atoms with Crippen molar-refractivity contribution in [3.63, 3.8) is 0 Å². The Morgan fingerprint density at radius 2 is 1.95 bits per heavy atom. The predicted octanol–water partition coefficient (Wildman–Crippen LogP) is 3.03. The lowest BCUT2D eigenvalue weighted by molar-refractivity contribution is 0.241. The normalized spacial score (nSPS) is 17.3. The highest BCUT2D eigenvalue weighted by molar-refractivity contribution is 6.30. The molecule has 6 heteroatoms. The van der Waals surface area contributed by atoms with Gasteiger partial charge in [-0.2, -0.15) is 4.98 Å². The van der Waals surface area contributed by atoms with Gasteiger partial charge < -0.3 is 15.0 Å². The highest BCUT2D eigenvalue weighted by atomic mass is 35.5. The standard InChI is InChI=1S/C14H16ClN3O2/c15-10-3-5-11(6-4-10)19-9-12-17-13(18-20-12)14(16)7-1-2-8-14/h3-6H,1-2,7-9,16H2. The lowest BCUT2D eigenvalue weighted by Crippen LogP contribution is -2.34. The van der Waals surface area contributed by atoms with Gasteiger partial charge in [-0.1, -0.05) is 29.6 Å². The molecule has 0 aliphatic heterocycles. The average Bonchev–Trinajstić information content (AvgIpc) is 3.08. The summed E-state index contributed by atoms with van der Waals surface area (Å²) in [6.07, 6.45) is 4.04. The van der Waals surface area contributed by atoms with Crippen molar-refractivity contribution in [2.45, 2.75) is 37.8 Å². The Morgan fingerprint density at radius 3 is 2.65 bits per heavy atom. The molecule has 2 N–H and O–H groups in total. The zero-order chi connectivity index (χ0) is 14.0. The fourth-order valence-electron chi connectivity index (χ4n) is 2.42. The quantitative estimate of drug-likeness (QED) is 0.938. The number of hydrogen-bond donors (Lipinski definition) is 1. The van der Waals surface area contributed by atoms with E-state index < -0.39 is 5.54 Å². The van der Waals surface area contributed by atoms with E-state index in [4.69, 9.17) is 26.6 Å². The Morgan fingerprint density at radius 1 is 1.25 bits per heavy atom. The largest absolute Gasteiger partial charge is 0.484 e. The highest BCUT2D eigenvalue weighted by Gasteiger charge is 2.35. The van der Waals surface area contributed by atoms with E-state index in [9.17, 15) is 0 Å². The number of nitrogens with two attached hydrogens (primary N) is 1. The molecule has 1 aromatic carbocycles. The van der Waals surface area contributed by atoms with Gasteiger partial charge in [0.1, 0.15) is 5.75 Å². The minimum absolute atomic E-state index is 0.227. The van der Waals surface area contributed by atoms with E-state index in [0.717, 1.165) is 25.7 Å². The van der Waals surface area contributed by atoms with Crippen LogP contribution in [0, 0.1) is 0 Å². The zero-order valence-corrected chi connectivity index (χ0v) is 11.8. The molecule has 1 aliphatic carbocycles. The van der Waals surface area contributed by atoms with Crippen molar-refractivity contribution >= 4 is 11.6 Å². The summed E-state index contributed by atoms with van der Waals surface area (Å²) in [6, 6.07) is 7.12. The molecular weight excluding hydrogens is 278 g/mol. The Kier molecular flexibility index (Phi) is 3.63. The van der Waals surface area contributed by atoms with E-state index in [-0.39, 0.29) is 6.61 Å². The monoisotopic (exact) mass is 293 g/mol. The van der Waals surface area contributed by atoms with Crippen molar-refractivity contribution in [1.29, 1.82) is 0 Å². The summed E-state index contributed by atoms with van der Waals surface area (Å²) in [7, 11) is 0. The lowest BCUT2D eigenvalue weighted by atomic mass is 9.99. The molecule has 0 amide bonds. The Bertz CT molecular complexity index is 576. The Labute approximate surface area is 122 Å². The lowest BCUT2D eigenvalue weighted by Gasteiger charge is -2.17. The molecule has 5 nitrogen and oxygen atoms in total. The second-order valence-electron chi connectivity index (χ2n) is 5.12. The molecule has 2 aromatic rings. The molecule has 0 spiro atoms. The summed E-state index contributed by atoms with van der Waals surface area (Å²) >= 11 is 5.81. The summed E-state index contributed by atoms with van der Waals surface area (Å²) in [4.78, 5) is 4.34. The number of hydrogen-bond acceptors (Lipinski definition) is 5. The van der Waals surface area contributed by atoms with Crippen LogP contribution >= 0.6 is 11.6 Å². The Hall–Kier alpha value is -1.59. The maximum Gasteiger partial charge on any atom is 0.264 e. The van der Waals surface area contributed by atoms with Crippen LogP contribution in [0.4, 0.5) is 0 Å². The first-order valence-electron chi connectivity index (χ1n) is 6.66. The van der Waals surface area contributed by atoms with Crippen LogP contribution in [0.25, 0.3) is 0 Å². The number of rotatable bonds is 4. The highest BCUT2D eigenvalue weighted by Crippen LogP contribution is 2.34. The molecule has 0 unspecified atom stereocenters. The minimum atomic E-state index is -0.429. The van der Waals surface area contributed by atoms with Crippen molar-refractivity contribution in [2.75, 3.05) is 0 Å². The number of aromatic nitrogens is 2. The van der Waals surface area contributed by atoms with Crippen LogP contribution in [-0.2, 0) is 12.1 Å². The van der Waals surface area contributed by atoms with E-state index in [1.807, 2.05) is 0 Å². The van der Waals surface area contributed by atoms with Gasteiger partial charge in [0, 0.05) is 5.02 Å². The summed E-state index contributed by atoms with van der Waals surface area (Å²) in [6.45, 7) is 0.227. The molecule has 0 bridgehead atoms. The third-order valence-electron chi connectivity index (χ3n) is 3.59. The zero-order valence-electron chi connectivity index (χ0n) is 11.0. The third-order valence-corrected chi connectivity index (χ3v) is 3.84. The molecule has 0 radical (unpaired) electrons. The molecule has 1 heterocycles. The van der Waals surface area contributed by atoms with Gasteiger partial charge in [-0.3, -0.25) is 0 Å². The van der Waals surface area contributed by atoms with Crippen LogP contribution in [-0.4, -0.2) is 10.1 Å². The van der Waals surface area contributed by atoms with Crippen LogP contribution in [0.15, 0.2) is 28.8 Å². The summed E-state index contributed by atoms with van der Waals surface area (Å²) in [5.74, 6) is 1.73. The van der Waals surface area contributed by atoms with Crippen LogP contribution in [0.5, 0.6) is 5.75 Å². The molecule has 1 saturated carbocycles. The minimum Gasteiger partial charge on any atom is -0.484 e. The first kappa shape index (κ1) is 13.4. The van der Waals surface area contributed by atoms with Gasteiger partial charge in [0.25, 0.3) is 5.89 Å².